The Hall–Kier alpha value is -4.13. The largest absolute Gasteiger partial charge is 0.497 e. The van der Waals surface area contributed by atoms with Gasteiger partial charge in [0.1, 0.15) is 11.5 Å². The van der Waals surface area contributed by atoms with Crippen molar-refractivity contribution in [2.75, 3.05) is 19.5 Å². The highest BCUT2D eigenvalue weighted by Gasteiger charge is 2.41. The first-order valence-electron chi connectivity index (χ1n) is 10.7. The summed E-state index contributed by atoms with van der Waals surface area (Å²) in [7, 11) is 2.80. The summed E-state index contributed by atoms with van der Waals surface area (Å²) in [4.78, 5) is 51.0. The average molecular weight is 619 g/mol. The van der Waals surface area contributed by atoms with E-state index in [1.54, 1.807) is 36.4 Å². The molecule has 0 spiro atoms. The number of benzene rings is 3. The van der Waals surface area contributed by atoms with E-state index in [-0.39, 0.29) is 11.1 Å². The van der Waals surface area contributed by atoms with Crippen molar-refractivity contribution in [1.82, 2.24) is 0 Å². The molecule has 0 aliphatic rings. The van der Waals surface area contributed by atoms with Gasteiger partial charge in [-0.15, -0.1) is 0 Å². The third kappa shape index (κ3) is 7.43. The summed E-state index contributed by atoms with van der Waals surface area (Å²) in [6, 6.07) is 18.3. The Balaban J connectivity index is 1.93. The molecular formula is C26H22INO9. The highest BCUT2D eigenvalue weighted by Crippen LogP contribution is 2.20. The van der Waals surface area contributed by atoms with Gasteiger partial charge in [0.15, 0.2) is 0 Å². The lowest BCUT2D eigenvalue weighted by atomic mass is 10.1. The quantitative estimate of drug-likeness (QED) is 0.257. The second kappa shape index (κ2) is 12.7. The van der Waals surface area contributed by atoms with Gasteiger partial charge in [-0.25, -0.2) is 14.4 Å². The molecule has 0 bridgehead atoms. The lowest BCUT2D eigenvalue weighted by Gasteiger charge is -2.23. The molecule has 2 atom stereocenters. The van der Waals surface area contributed by atoms with Crippen molar-refractivity contribution in [3.63, 3.8) is 0 Å². The van der Waals surface area contributed by atoms with Crippen LogP contribution in [0, 0.1) is 3.57 Å². The van der Waals surface area contributed by atoms with Gasteiger partial charge in [0.25, 0.3) is 5.91 Å². The fourth-order valence-electron chi connectivity index (χ4n) is 3.14. The number of carbonyl (C=O) groups is 4. The van der Waals surface area contributed by atoms with Crippen LogP contribution in [0.2, 0.25) is 0 Å². The second-order valence-corrected chi connectivity index (χ2v) is 8.70. The molecule has 2 N–H and O–H groups in total. The number of anilines is 1. The molecule has 0 saturated carbocycles. The standard InChI is InChI=1S/C26H22INO9/c1-34-19-10-3-6-15(12-19)25(32)36-21(23(29)28-18-9-5-8-17(27)14-18)22(24(30)31)37-26(33)16-7-4-11-20(13-16)35-2/h3-14,21-22H,1-2H3,(H,28,29)(H,30,31)/t21-,22+/m1/s1. The van der Waals surface area contributed by atoms with Crippen molar-refractivity contribution in [1.29, 1.82) is 0 Å². The summed E-state index contributed by atoms with van der Waals surface area (Å²) in [5.74, 6) is -4.12. The van der Waals surface area contributed by atoms with Crippen LogP contribution in [0.4, 0.5) is 5.69 Å². The van der Waals surface area contributed by atoms with Crippen molar-refractivity contribution in [3.05, 3.63) is 87.5 Å². The summed E-state index contributed by atoms with van der Waals surface area (Å²) in [5, 5.41) is 12.4. The Morgan fingerprint density at radius 2 is 1.27 bits per heavy atom. The number of amides is 1. The van der Waals surface area contributed by atoms with Crippen LogP contribution in [-0.4, -0.2) is 55.3 Å². The van der Waals surface area contributed by atoms with Crippen molar-refractivity contribution in [2.24, 2.45) is 0 Å². The number of halogens is 1. The smallest absolute Gasteiger partial charge is 0.349 e. The Morgan fingerprint density at radius 3 is 1.76 bits per heavy atom. The first kappa shape index (κ1) is 27.5. The minimum Gasteiger partial charge on any atom is -0.497 e. The van der Waals surface area contributed by atoms with Gasteiger partial charge in [-0.2, -0.15) is 0 Å². The Labute approximate surface area is 225 Å². The fraction of sp³-hybridized carbons (Fsp3) is 0.154. The lowest BCUT2D eigenvalue weighted by molar-refractivity contribution is -0.157. The van der Waals surface area contributed by atoms with E-state index in [9.17, 15) is 24.3 Å². The second-order valence-electron chi connectivity index (χ2n) is 7.45. The Bertz CT molecular complexity index is 1310. The molecule has 0 fully saturated rings. The molecule has 10 nitrogen and oxygen atoms in total. The van der Waals surface area contributed by atoms with Crippen molar-refractivity contribution in [2.45, 2.75) is 12.2 Å². The molecule has 192 valence electrons. The number of hydrogen-bond acceptors (Lipinski definition) is 8. The van der Waals surface area contributed by atoms with E-state index >= 15 is 0 Å². The minimum absolute atomic E-state index is 0.00493. The number of nitrogens with one attached hydrogen (secondary N) is 1. The number of ether oxygens (including phenoxy) is 4. The number of methoxy groups -OCH3 is 2. The average Bonchev–Trinajstić information content (AvgIpc) is 2.90. The minimum atomic E-state index is -2.17. The van der Waals surface area contributed by atoms with Crippen LogP contribution in [0.5, 0.6) is 11.5 Å². The van der Waals surface area contributed by atoms with E-state index in [0.29, 0.717) is 17.2 Å². The number of esters is 2. The summed E-state index contributed by atoms with van der Waals surface area (Å²) in [5.41, 5.74) is 0.291. The predicted octanol–water partition coefficient (Wildman–Crippen LogP) is 3.78. The van der Waals surface area contributed by atoms with Crippen LogP contribution in [0.3, 0.4) is 0 Å². The third-order valence-electron chi connectivity index (χ3n) is 4.95. The van der Waals surface area contributed by atoms with E-state index < -0.39 is 36.0 Å². The number of hydrogen-bond donors (Lipinski definition) is 2. The third-order valence-corrected chi connectivity index (χ3v) is 5.62. The molecule has 1 amide bonds. The monoisotopic (exact) mass is 619 g/mol. The van der Waals surface area contributed by atoms with E-state index in [4.69, 9.17) is 18.9 Å². The summed E-state index contributed by atoms with van der Waals surface area (Å²) < 4.78 is 21.4. The molecule has 3 rings (SSSR count). The highest BCUT2D eigenvalue weighted by atomic mass is 127. The molecule has 3 aromatic rings. The fourth-order valence-corrected chi connectivity index (χ4v) is 3.68. The molecule has 11 heteroatoms. The molecule has 0 radical (unpaired) electrons. The van der Waals surface area contributed by atoms with Crippen LogP contribution < -0.4 is 14.8 Å². The molecule has 0 unspecified atom stereocenters. The molecule has 0 aliphatic carbocycles. The molecule has 0 aliphatic heterocycles. The zero-order valence-corrected chi connectivity index (χ0v) is 21.8. The van der Waals surface area contributed by atoms with Gasteiger partial charge in [0.05, 0.1) is 25.3 Å². The topological polar surface area (TPSA) is 137 Å². The highest BCUT2D eigenvalue weighted by molar-refractivity contribution is 14.1. The zero-order valence-electron chi connectivity index (χ0n) is 19.7. The van der Waals surface area contributed by atoms with Crippen LogP contribution >= 0.6 is 22.6 Å². The summed E-state index contributed by atoms with van der Waals surface area (Å²) in [6.07, 6.45) is -4.21. The molecule has 0 saturated heterocycles. The van der Waals surface area contributed by atoms with Crippen LogP contribution in [0.1, 0.15) is 20.7 Å². The number of carboxylic acids is 1. The zero-order chi connectivity index (χ0) is 26.9. The van der Waals surface area contributed by atoms with E-state index in [1.807, 2.05) is 22.6 Å². The number of rotatable bonds is 10. The SMILES string of the molecule is COc1cccc(C(=O)O[C@H](C(=O)O)[C@@H](OC(=O)c2cccc(OC)c2)C(=O)Nc2cccc(I)c2)c1. The summed E-state index contributed by atoms with van der Waals surface area (Å²) in [6.45, 7) is 0. The number of aliphatic carboxylic acids is 1. The first-order chi connectivity index (χ1) is 17.7. The van der Waals surface area contributed by atoms with E-state index in [1.165, 1.54) is 50.6 Å². The van der Waals surface area contributed by atoms with Crippen LogP contribution in [0.25, 0.3) is 0 Å². The van der Waals surface area contributed by atoms with Gasteiger partial charge >= 0.3 is 17.9 Å². The Kier molecular flexibility index (Phi) is 9.44. The molecule has 0 heterocycles. The maximum atomic E-state index is 13.2. The van der Waals surface area contributed by atoms with Crippen LogP contribution in [-0.2, 0) is 19.1 Å². The maximum Gasteiger partial charge on any atom is 0.349 e. The van der Waals surface area contributed by atoms with Gasteiger partial charge in [0.2, 0.25) is 12.2 Å². The first-order valence-corrected chi connectivity index (χ1v) is 11.8. The van der Waals surface area contributed by atoms with E-state index in [2.05, 4.69) is 5.32 Å². The normalized spacial score (nSPS) is 12.0. The molecule has 3 aromatic carbocycles. The summed E-state index contributed by atoms with van der Waals surface area (Å²) >= 11 is 2.03. The van der Waals surface area contributed by atoms with Crippen molar-refractivity contribution >= 4 is 52.1 Å². The van der Waals surface area contributed by atoms with Gasteiger partial charge < -0.3 is 29.4 Å². The molecule has 37 heavy (non-hydrogen) atoms. The lowest BCUT2D eigenvalue weighted by Crippen LogP contribution is -2.48. The maximum absolute atomic E-state index is 13.2. The van der Waals surface area contributed by atoms with Crippen molar-refractivity contribution in [3.8, 4) is 11.5 Å². The molecular weight excluding hydrogens is 597 g/mol. The van der Waals surface area contributed by atoms with Crippen molar-refractivity contribution < 1.29 is 43.2 Å². The predicted molar refractivity (Wildman–Crippen MR) is 140 cm³/mol. The van der Waals surface area contributed by atoms with Gasteiger partial charge in [-0.1, -0.05) is 18.2 Å². The van der Waals surface area contributed by atoms with Gasteiger partial charge in [-0.05, 0) is 77.2 Å². The van der Waals surface area contributed by atoms with Gasteiger partial charge in [-0.3, -0.25) is 4.79 Å². The number of carbonyl (C=O) groups excluding carboxylic acids is 3. The Morgan fingerprint density at radius 1 is 0.757 bits per heavy atom. The van der Waals surface area contributed by atoms with Crippen LogP contribution in [0.15, 0.2) is 72.8 Å². The molecule has 0 aromatic heterocycles. The number of carboxylic acid groups (broad SMARTS) is 1. The van der Waals surface area contributed by atoms with E-state index in [0.717, 1.165) is 3.57 Å². The van der Waals surface area contributed by atoms with Gasteiger partial charge in [0, 0.05) is 9.26 Å².